The summed E-state index contributed by atoms with van der Waals surface area (Å²) in [4.78, 5) is 0. The Kier molecular flexibility index (Phi) is 8.10. The molecule has 0 unspecified atom stereocenters. The third kappa shape index (κ3) is 6.95. The lowest BCUT2D eigenvalue weighted by atomic mass is 10.2. The zero-order valence-electron chi connectivity index (χ0n) is 12.0. The normalized spacial score (nSPS) is 11.0. The molecule has 0 saturated heterocycles. The summed E-state index contributed by atoms with van der Waals surface area (Å²) in [5, 5.41) is 3.44. The molecule has 0 saturated carbocycles. The van der Waals surface area contributed by atoms with Gasteiger partial charge in [-0.25, -0.2) is 0 Å². The van der Waals surface area contributed by atoms with Crippen LogP contribution in [0.5, 0.6) is 5.75 Å². The maximum atomic E-state index is 5.66. The lowest BCUT2D eigenvalue weighted by molar-refractivity contribution is 0.110. The second kappa shape index (κ2) is 9.34. The van der Waals surface area contributed by atoms with E-state index < -0.39 is 0 Å². The van der Waals surface area contributed by atoms with E-state index in [-0.39, 0.29) is 0 Å². The molecule has 108 valence electrons. The molecule has 4 heteroatoms. The molecule has 0 heterocycles. The minimum atomic E-state index is 0.592. The van der Waals surface area contributed by atoms with Crippen LogP contribution >= 0.6 is 15.9 Å². The highest BCUT2D eigenvalue weighted by Gasteiger charge is 2.03. The van der Waals surface area contributed by atoms with Gasteiger partial charge >= 0.3 is 0 Å². The van der Waals surface area contributed by atoms with Gasteiger partial charge in [0.1, 0.15) is 12.4 Å². The van der Waals surface area contributed by atoms with Crippen molar-refractivity contribution in [1.29, 1.82) is 0 Å². The first kappa shape index (κ1) is 16.5. The number of hydrogen-bond acceptors (Lipinski definition) is 3. The zero-order chi connectivity index (χ0) is 14.1. The van der Waals surface area contributed by atoms with Gasteiger partial charge in [-0.3, -0.25) is 0 Å². The SMILES string of the molecule is CCOCCOc1ccc(Br)c(CNCC(C)C)c1. The summed E-state index contributed by atoms with van der Waals surface area (Å²) in [6, 6.07) is 6.08. The molecular weight excluding hydrogens is 306 g/mol. The maximum absolute atomic E-state index is 5.66. The third-order valence-corrected chi connectivity index (χ3v) is 3.36. The van der Waals surface area contributed by atoms with Crippen molar-refractivity contribution in [1.82, 2.24) is 5.32 Å². The van der Waals surface area contributed by atoms with Crippen LogP contribution in [0.3, 0.4) is 0 Å². The third-order valence-electron chi connectivity index (χ3n) is 2.59. The number of rotatable bonds is 9. The Morgan fingerprint density at radius 1 is 1.26 bits per heavy atom. The lowest BCUT2D eigenvalue weighted by Crippen LogP contribution is -2.19. The smallest absolute Gasteiger partial charge is 0.119 e. The molecular formula is C15H24BrNO2. The predicted octanol–water partition coefficient (Wildman–Crippen LogP) is 3.61. The van der Waals surface area contributed by atoms with Gasteiger partial charge in [-0.2, -0.15) is 0 Å². The minimum absolute atomic E-state index is 0.592. The molecule has 19 heavy (non-hydrogen) atoms. The molecule has 1 rings (SSSR count). The van der Waals surface area contributed by atoms with E-state index in [0.29, 0.717) is 19.1 Å². The number of hydrogen-bond donors (Lipinski definition) is 1. The first-order valence-electron chi connectivity index (χ1n) is 6.83. The van der Waals surface area contributed by atoms with Crippen LogP contribution in [-0.4, -0.2) is 26.4 Å². The van der Waals surface area contributed by atoms with E-state index in [1.54, 1.807) is 0 Å². The lowest BCUT2D eigenvalue weighted by Gasteiger charge is -2.11. The molecule has 0 aliphatic heterocycles. The van der Waals surface area contributed by atoms with Crippen molar-refractivity contribution in [3.05, 3.63) is 28.2 Å². The summed E-state index contributed by atoms with van der Waals surface area (Å²) in [6.45, 7) is 10.2. The molecule has 0 fully saturated rings. The monoisotopic (exact) mass is 329 g/mol. The van der Waals surface area contributed by atoms with Gasteiger partial charge in [-0.1, -0.05) is 29.8 Å². The van der Waals surface area contributed by atoms with Crippen LogP contribution < -0.4 is 10.1 Å². The van der Waals surface area contributed by atoms with Crippen molar-refractivity contribution in [2.75, 3.05) is 26.4 Å². The van der Waals surface area contributed by atoms with Crippen molar-refractivity contribution in [3.63, 3.8) is 0 Å². The molecule has 0 atom stereocenters. The van der Waals surface area contributed by atoms with E-state index in [2.05, 4.69) is 41.2 Å². The fourth-order valence-corrected chi connectivity index (χ4v) is 2.02. The van der Waals surface area contributed by atoms with E-state index in [4.69, 9.17) is 9.47 Å². The van der Waals surface area contributed by atoms with Gasteiger partial charge in [-0.15, -0.1) is 0 Å². The van der Waals surface area contributed by atoms with Crippen molar-refractivity contribution in [2.24, 2.45) is 5.92 Å². The summed E-state index contributed by atoms with van der Waals surface area (Å²) in [5.41, 5.74) is 1.22. The first-order valence-corrected chi connectivity index (χ1v) is 7.62. The van der Waals surface area contributed by atoms with Crippen LogP contribution in [0.1, 0.15) is 26.3 Å². The van der Waals surface area contributed by atoms with E-state index in [9.17, 15) is 0 Å². The van der Waals surface area contributed by atoms with Crippen LogP contribution in [0.15, 0.2) is 22.7 Å². The van der Waals surface area contributed by atoms with Crippen LogP contribution in [0, 0.1) is 5.92 Å². The molecule has 0 aliphatic carbocycles. The Labute approximate surface area is 124 Å². The predicted molar refractivity (Wildman–Crippen MR) is 82.7 cm³/mol. The van der Waals surface area contributed by atoms with Crippen molar-refractivity contribution < 1.29 is 9.47 Å². The summed E-state index contributed by atoms with van der Waals surface area (Å²) >= 11 is 3.57. The van der Waals surface area contributed by atoms with Crippen LogP contribution in [0.25, 0.3) is 0 Å². The average Bonchev–Trinajstić information content (AvgIpc) is 2.37. The molecule has 0 aliphatic rings. The Balaban J connectivity index is 2.46. The van der Waals surface area contributed by atoms with E-state index in [1.807, 2.05) is 19.1 Å². The average molecular weight is 330 g/mol. The van der Waals surface area contributed by atoms with E-state index in [1.165, 1.54) is 5.56 Å². The highest BCUT2D eigenvalue weighted by atomic mass is 79.9. The Hall–Kier alpha value is -0.580. The van der Waals surface area contributed by atoms with Gasteiger partial charge < -0.3 is 14.8 Å². The van der Waals surface area contributed by atoms with Gasteiger partial charge in [0.15, 0.2) is 0 Å². The molecule has 1 aromatic rings. The summed E-state index contributed by atoms with van der Waals surface area (Å²) in [5.74, 6) is 1.55. The fraction of sp³-hybridized carbons (Fsp3) is 0.600. The van der Waals surface area contributed by atoms with Crippen molar-refractivity contribution >= 4 is 15.9 Å². The Bertz CT molecular complexity index is 369. The van der Waals surface area contributed by atoms with Gasteiger partial charge in [-0.05, 0) is 43.1 Å². The van der Waals surface area contributed by atoms with Gasteiger partial charge in [0.05, 0.1) is 6.61 Å². The van der Waals surface area contributed by atoms with Crippen molar-refractivity contribution in [3.8, 4) is 5.75 Å². The molecule has 0 spiro atoms. The summed E-state index contributed by atoms with van der Waals surface area (Å²) in [7, 11) is 0. The molecule has 1 aromatic carbocycles. The minimum Gasteiger partial charge on any atom is -0.491 e. The number of benzene rings is 1. The van der Waals surface area contributed by atoms with E-state index in [0.717, 1.165) is 29.9 Å². The Morgan fingerprint density at radius 3 is 2.74 bits per heavy atom. The standard InChI is InChI=1S/C15H24BrNO2/c1-4-18-7-8-19-14-5-6-15(16)13(9-14)11-17-10-12(2)3/h5-6,9,12,17H,4,7-8,10-11H2,1-3H3. The van der Waals surface area contributed by atoms with Gasteiger partial charge in [0.25, 0.3) is 0 Å². The van der Waals surface area contributed by atoms with Crippen LogP contribution in [0.2, 0.25) is 0 Å². The molecule has 0 amide bonds. The molecule has 0 radical (unpaired) electrons. The number of nitrogens with one attached hydrogen (secondary N) is 1. The second-order valence-electron chi connectivity index (χ2n) is 4.82. The second-order valence-corrected chi connectivity index (χ2v) is 5.68. The van der Waals surface area contributed by atoms with Crippen LogP contribution in [-0.2, 0) is 11.3 Å². The van der Waals surface area contributed by atoms with E-state index >= 15 is 0 Å². The highest BCUT2D eigenvalue weighted by molar-refractivity contribution is 9.10. The fourth-order valence-electron chi connectivity index (χ4n) is 1.63. The topological polar surface area (TPSA) is 30.5 Å². The first-order chi connectivity index (χ1) is 9.13. The quantitative estimate of drug-likeness (QED) is 0.702. The summed E-state index contributed by atoms with van der Waals surface area (Å²) in [6.07, 6.45) is 0. The molecule has 0 bridgehead atoms. The summed E-state index contributed by atoms with van der Waals surface area (Å²) < 4.78 is 12.0. The van der Waals surface area contributed by atoms with Crippen molar-refractivity contribution in [2.45, 2.75) is 27.3 Å². The molecule has 3 nitrogen and oxygen atoms in total. The number of halogens is 1. The van der Waals surface area contributed by atoms with Crippen LogP contribution in [0.4, 0.5) is 0 Å². The zero-order valence-corrected chi connectivity index (χ0v) is 13.6. The maximum Gasteiger partial charge on any atom is 0.119 e. The highest BCUT2D eigenvalue weighted by Crippen LogP contribution is 2.22. The Morgan fingerprint density at radius 2 is 2.05 bits per heavy atom. The molecule has 0 aromatic heterocycles. The van der Waals surface area contributed by atoms with Gasteiger partial charge in [0, 0.05) is 17.6 Å². The number of ether oxygens (including phenoxy) is 2. The molecule has 1 N–H and O–H groups in total. The van der Waals surface area contributed by atoms with Gasteiger partial charge in [0.2, 0.25) is 0 Å². The largest absolute Gasteiger partial charge is 0.491 e.